The molecule has 0 radical (unpaired) electrons. The summed E-state index contributed by atoms with van der Waals surface area (Å²) >= 11 is 0. The zero-order chi connectivity index (χ0) is 23.7. The van der Waals surface area contributed by atoms with Crippen molar-refractivity contribution >= 4 is 17.6 Å². The smallest absolute Gasteiger partial charge is 0.414 e. The van der Waals surface area contributed by atoms with Crippen molar-refractivity contribution in [2.24, 2.45) is 5.16 Å². The first-order valence-corrected chi connectivity index (χ1v) is 10.1. The van der Waals surface area contributed by atoms with E-state index in [1.54, 1.807) is 39.4 Å². The number of benzene rings is 2. The van der Waals surface area contributed by atoms with Crippen LogP contribution in [0.25, 0.3) is 0 Å². The number of amides is 1. The standard InChI is InChI=1S/C23H24N2O8/c1-25(2)23(27)33-21-7-12-15(9-18(21)29-4)22(24-30-5)14(6-16(12)26)13-8-19-20(32-11-31-19)10-17(13)28-3/h7-10,14H,6,11H2,1-5H3. The molecule has 1 aliphatic carbocycles. The van der Waals surface area contributed by atoms with Gasteiger partial charge in [0.1, 0.15) is 12.9 Å². The summed E-state index contributed by atoms with van der Waals surface area (Å²) in [6.45, 7) is 0.110. The Morgan fingerprint density at radius 1 is 0.970 bits per heavy atom. The number of Topliss-reactive ketones (excluding diaryl/α,β-unsaturated/α-hetero) is 1. The Balaban J connectivity index is 1.84. The fraction of sp³-hybridized carbons (Fsp3) is 0.348. The maximum atomic E-state index is 13.2. The molecule has 10 heteroatoms. The molecule has 0 bridgehead atoms. The number of hydrogen-bond donors (Lipinski definition) is 0. The normalized spacial score (nSPS) is 17.4. The third kappa shape index (κ3) is 3.99. The zero-order valence-electron chi connectivity index (χ0n) is 19.0. The molecule has 4 rings (SSSR count). The molecule has 0 N–H and O–H groups in total. The highest BCUT2D eigenvalue weighted by Crippen LogP contribution is 2.46. The molecule has 0 spiro atoms. The molecule has 10 nitrogen and oxygen atoms in total. The molecular formula is C23H24N2O8. The SMILES string of the molecule is CON=C1c2cc(OC)c(OC(=O)N(C)C)cc2C(=O)CC1c1cc2c(cc1OC)OCO2. The van der Waals surface area contributed by atoms with Gasteiger partial charge in [0, 0.05) is 49.2 Å². The molecule has 33 heavy (non-hydrogen) atoms. The summed E-state index contributed by atoms with van der Waals surface area (Å²) in [5.41, 5.74) is 2.08. The second-order valence-corrected chi connectivity index (χ2v) is 7.60. The number of fused-ring (bicyclic) bond motifs is 2. The first-order chi connectivity index (χ1) is 15.9. The van der Waals surface area contributed by atoms with Crippen molar-refractivity contribution in [2.75, 3.05) is 42.2 Å². The minimum absolute atomic E-state index is 0.0958. The van der Waals surface area contributed by atoms with Gasteiger partial charge < -0.3 is 33.4 Å². The highest BCUT2D eigenvalue weighted by molar-refractivity contribution is 6.19. The maximum Gasteiger partial charge on any atom is 0.414 e. The van der Waals surface area contributed by atoms with Crippen molar-refractivity contribution in [1.29, 1.82) is 0 Å². The summed E-state index contributed by atoms with van der Waals surface area (Å²) in [5.74, 6) is 1.44. The van der Waals surface area contributed by atoms with E-state index in [0.717, 1.165) is 0 Å². The van der Waals surface area contributed by atoms with Crippen LogP contribution < -0.4 is 23.7 Å². The summed E-state index contributed by atoms with van der Waals surface area (Å²) in [6.07, 6.45) is -0.497. The van der Waals surface area contributed by atoms with E-state index in [4.69, 9.17) is 28.5 Å². The van der Waals surface area contributed by atoms with E-state index in [0.29, 0.717) is 39.7 Å². The number of rotatable bonds is 5. The molecule has 0 saturated carbocycles. The lowest BCUT2D eigenvalue weighted by Crippen LogP contribution is -2.28. The summed E-state index contributed by atoms with van der Waals surface area (Å²) in [6, 6.07) is 6.64. The summed E-state index contributed by atoms with van der Waals surface area (Å²) < 4.78 is 27.4. The minimum Gasteiger partial charge on any atom is -0.496 e. The molecule has 2 aliphatic rings. The third-order valence-electron chi connectivity index (χ3n) is 5.45. The van der Waals surface area contributed by atoms with Gasteiger partial charge in [-0.15, -0.1) is 0 Å². The van der Waals surface area contributed by atoms with Gasteiger partial charge in [-0.1, -0.05) is 5.16 Å². The molecule has 1 heterocycles. The van der Waals surface area contributed by atoms with Gasteiger partial charge in [0.15, 0.2) is 28.8 Å². The Hall–Kier alpha value is -3.95. The molecule has 0 saturated heterocycles. The van der Waals surface area contributed by atoms with Crippen molar-refractivity contribution in [3.8, 4) is 28.7 Å². The van der Waals surface area contributed by atoms with Gasteiger partial charge in [0.2, 0.25) is 6.79 Å². The first-order valence-electron chi connectivity index (χ1n) is 10.1. The summed E-state index contributed by atoms with van der Waals surface area (Å²) in [5, 5.41) is 4.25. The largest absolute Gasteiger partial charge is 0.496 e. The monoisotopic (exact) mass is 456 g/mol. The number of ether oxygens (including phenoxy) is 5. The van der Waals surface area contributed by atoms with Crippen molar-refractivity contribution in [3.05, 3.63) is 41.0 Å². The van der Waals surface area contributed by atoms with Gasteiger partial charge in [0.05, 0.1) is 19.9 Å². The predicted molar refractivity (Wildman–Crippen MR) is 117 cm³/mol. The van der Waals surface area contributed by atoms with E-state index in [1.807, 2.05) is 0 Å². The topological polar surface area (TPSA) is 105 Å². The van der Waals surface area contributed by atoms with E-state index in [9.17, 15) is 9.59 Å². The van der Waals surface area contributed by atoms with E-state index in [2.05, 4.69) is 5.16 Å². The number of carbonyl (C=O) groups is 2. The van der Waals surface area contributed by atoms with Crippen molar-refractivity contribution in [1.82, 2.24) is 4.90 Å². The maximum absolute atomic E-state index is 13.2. The van der Waals surface area contributed by atoms with Crippen LogP contribution in [0, 0.1) is 0 Å². The number of ketones is 1. The molecule has 2 aromatic carbocycles. The number of nitrogens with zero attached hydrogens (tertiary/aromatic N) is 2. The van der Waals surface area contributed by atoms with Crippen LogP contribution in [-0.4, -0.2) is 64.7 Å². The Labute approximate surface area is 190 Å². The molecule has 1 atom stereocenters. The molecule has 1 amide bonds. The van der Waals surface area contributed by atoms with E-state index in [1.165, 1.54) is 25.2 Å². The third-order valence-corrected chi connectivity index (χ3v) is 5.45. The molecule has 174 valence electrons. The number of carbonyl (C=O) groups excluding carboxylic acids is 2. The lowest BCUT2D eigenvalue weighted by Gasteiger charge is -2.28. The zero-order valence-corrected chi connectivity index (χ0v) is 19.0. The van der Waals surface area contributed by atoms with E-state index < -0.39 is 12.0 Å². The van der Waals surface area contributed by atoms with Crippen LogP contribution >= 0.6 is 0 Å². The Morgan fingerprint density at radius 3 is 2.27 bits per heavy atom. The number of hydrogen-bond acceptors (Lipinski definition) is 9. The van der Waals surface area contributed by atoms with E-state index in [-0.39, 0.29) is 30.5 Å². The minimum atomic E-state index is -0.592. The Morgan fingerprint density at radius 2 is 1.64 bits per heavy atom. The van der Waals surface area contributed by atoms with Crippen LogP contribution in [0.3, 0.4) is 0 Å². The van der Waals surface area contributed by atoms with Gasteiger partial charge in [-0.25, -0.2) is 4.79 Å². The van der Waals surface area contributed by atoms with Gasteiger partial charge in [0.25, 0.3) is 0 Å². The molecule has 1 aliphatic heterocycles. The van der Waals surface area contributed by atoms with E-state index >= 15 is 0 Å². The highest BCUT2D eigenvalue weighted by atomic mass is 16.7. The Kier molecular flexibility index (Phi) is 5.99. The quantitative estimate of drug-likeness (QED) is 0.632. The molecule has 2 aromatic rings. The van der Waals surface area contributed by atoms with Crippen molar-refractivity contribution in [3.63, 3.8) is 0 Å². The number of oxime groups is 1. The molecular weight excluding hydrogens is 432 g/mol. The van der Waals surface area contributed by atoms with Gasteiger partial charge in [-0.3, -0.25) is 4.79 Å². The van der Waals surface area contributed by atoms with Gasteiger partial charge in [-0.2, -0.15) is 0 Å². The van der Waals surface area contributed by atoms with Crippen molar-refractivity contribution in [2.45, 2.75) is 12.3 Å². The number of methoxy groups -OCH3 is 2. The van der Waals surface area contributed by atoms with Crippen molar-refractivity contribution < 1.29 is 38.1 Å². The van der Waals surface area contributed by atoms with Crippen LogP contribution in [0.5, 0.6) is 28.7 Å². The lowest BCUT2D eigenvalue weighted by molar-refractivity contribution is 0.0974. The van der Waals surface area contributed by atoms with Crippen LogP contribution in [-0.2, 0) is 4.84 Å². The average molecular weight is 456 g/mol. The molecule has 1 unspecified atom stereocenters. The molecule has 0 fully saturated rings. The van der Waals surface area contributed by atoms with Crippen LogP contribution in [0.1, 0.15) is 33.8 Å². The fourth-order valence-corrected chi connectivity index (χ4v) is 3.86. The van der Waals surface area contributed by atoms with Crippen LogP contribution in [0.4, 0.5) is 4.79 Å². The molecule has 0 aromatic heterocycles. The van der Waals surface area contributed by atoms with Gasteiger partial charge >= 0.3 is 6.09 Å². The first kappa shape index (κ1) is 22.3. The average Bonchev–Trinajstić information content (AvgIpc) is 3.27. The van der Waals surface area contributed by atoms with Crippen LogP contribution in [0.2, 0.25) is 0 Å². The second-order valence-electron chi connectivity index (χ2n) is 7.60. The summed E-state index contributed by atoms with van der Waals surface area (Å²) in [4.78, 5) is 31.7. The predicted octanol–water partition coefficient (Wildman–Crippen LogP) is 3.21. The lowest BCUT2D eigenvalue weighted by atomic mass is 9.77. The second kappa shape index (κ2) is 8.89. The summed E-state index contributed by atoms with van der Waals surface area (Å²) in [7, 11) is 7.55. The van der Waals surface area contributed by atoms with Gasteiger partial charge in [-0.05, 0) is 18.2 Å². The Bertz CT molecular complexity index is 1140. The highest BCUT2D eigenvalue weighted by Gasteiger charge is 2.37. The van der Waals surface area contributed by atoms with Crippen LogP contribution in [0.15, 0.2) is 29.4 Å². The fourth-order valence-electron chi connectivity index (χ4n) is 3.86.